The lowest BCUT2D eigenvalue weighted by Gasteiger charge is -2.27. The standard InChI is InChI=1S/C12H22N4/c1-3-4-16-12(14-9-15-16)6-11-5-10(2)7-13-8-11/h9-11,13H,3-8H2,1-2H3. The molecule has 0 aromatic carbocycles. The molecule has 1 N–H and O–H groups in total. The fraction of sp³-hybridized carbons (Fsp3) is 0.833. The quantitative estimate of drug-likeness (QED) is 0.839. The van der Waals surface area contributed by atoms with E-state index in [4.69, 9.17) is 0 Å². The number of nitrogens with one attached hydrogen (secondary N) is 1. The average Bonchev–Trinajstić information content (AvgIpc) is 2.66. The van der Waals surface area contributed by atoms with Gasteiger partial charge in [0.05, 0.1) is 0 Å². The summed E-state index contributed by atoms with van der Waals surface area (Å²) in [5.74, 6) is 2.67. The molecule has 0 aliphatic carbocycles. The SMILES string of the molecule is CCCn1ncnc1CC1CNCC(C)C1. The summed E-state index contributed by atoms with van der Waals surface area (Å²) in [4.78, 5) is 4.38. The third-order valence-electron chi connectivity index (χ3n) is 3.26. The molecule has 2 unspecified atom stereocenters. The van der Waals surface area contributed by atoms with Gasteiger partial charge in [-0.1, -0.05) is 13.8 Å². The van der Waals surface area contributed by atoms with Crippen LogP contribution >= 0.6 is 0 Å². The number of piperidine rings is 1. The Morgan fingerprint density at radius 3 is 3.12 bits per heavy atom. The number of aromatic nitrogens is 3. The van der Waals surface area contributed by atoms with Crippen molar-refractivity contribution in [3.05, 3.63) is 12.2 Å². The van der Waals surface area contributed by atoms with Crippen LogP contribution in [0.5, 0.6) is 0 Å². The average molecular weight is 222 g/mol. The summed E-state index contributed by atoms with van der Waals surface area (Å²) < 4.78 is 2.05. The topological polar surface area (TPSA) is 42.7 Å². The van der Waals surface area contributed by atoms with E-state index in [-0.39, 0.29) is 0 Å². The van der Waals surface area contributed by atoms with Gasteiger partial charge in [-0.25, -0.2) is 4.98 Å². The van der Waals surface area contributed by atoms with Crippen LogP contribution in [0.15, 0.2) is 6.33 Å². The Kier molecular flexibility index (Phi) is 3.93. The van der Waals surface area contributed by atoms with E-state index in [1.807, 2.05) is 0 Å². The Morgan fingerprint density at radius 2 is 2.38 bits per heavy atom. The van der Waals surface area contributed by atoms with Gasteiger partial charge in [0.2, 0.25) is 0 Å². The molecule has 1 saturated heterocycles. The van der Waals surface area contributed by atoms with E-state index in [1.165, 1.54) is 6.42 Å². The predicted molar refractivity (Wildman–Crippen MR) is 64.2 cm³/mol. The molecule has 4 heteroatoms. The predicted octanol–water partition coefficient (Wildman–Crippen LogP) is 1.48. The second-order valence-corrected chi connectivity index (χ2v) is 4.97. The largest absolute Gasteiger partial charge is 0.316 e. The molecule has 0 saturated carbocycles. The van der Waals surface area contributed by atoms with E-state index >= 15 is 0 Å². The van der Waals surface area contributed by atoms with Gasteiger partial charge in [0.15, 0.2) is 0 Å². The first kappa shape index (κ1) is 11.6. The molecule has 1 aromatic rings. The first-order valence-electron chi connectivity index (χ1n) is 6.37. The summed E-state index contributed by atoms with van der Waals surface area (Å²) in [5.41, 5.74) is 0. The fourth-order valence-corrected chi connectivity index (χ4v) is 2.53. The van der Waals surface area contributed by atoms with Crippen molar-refractivity contribution in [2.24, 2.45) is 11.8 Å². The highest BCUT2D eigenvalue weighted by Gasteiger charge is 2.20. The van der Waals surface area contributed by atoms with Crippen molar-refractivity contribution in [2.45, 2.75) is 39.7 Å². The highest BCUT2D eigenvalue weighted by atomic mass is 15.3. The lowest BCUT2D eigenvalue weighted by atomic mass is 9.89. The van der Waals surface area contributed by atoms with Crippen LogP contribution in [-0.4, -0.2) is 27.9 Å². The minimum atomic E-state index is 0.726. The number of aryl methyl sites for hydroxylation is 1. The molecule has 0 amide bonds. The molecule has 4 nitrogen and oxygen atoms in total. The van der Waals surface area contributed by atoms with Crippen molar-refractivity contribution in [1.29, 1.82) is 0 Å². The van der Waals surface area contributed by atoms with Gasteiger partial charge in [0.25, 0.3) is 0 Å². The van der Waals surface area contributed by atoms with Gasteiger partial charge in [-0.15, -0.1) is 0 Å². The number of rotatable bonds is 4. The molecule has 1 aliphatic rings. The number of nitrogens with zero attached hydrogens (tertiary/aromatic N) is 3. The smallest absolute Gasteiger partial charge is 0.138 e. The van der Waals surface area contributed by atoms with Gasteiger partial charge in [-0.05, 0) is 37.8 Å². The van der Waals surface area contributed by atoms with E-state index in [0.29, 0.717) is 0 Å². The van der Waals surface area contributed by atoms with Crippen molar-refractivity contribution < 1.29 is 0 Å². The summed E-state index contributed by atoms with van der Waals surface area (Å²) in [6, 6.07) is 0. The molecular formula is C12H22N4. The molecule has 0 bridgehead atoms. The first-order chi connectivity index (χ1) is 7.79. The van der Waals surface area contributed by atoms with E-state index in [2.05, 4.69) is 33.9 Å². The molecule has 1 aliphatic heterocycles. The van der Waals surface area contributed by atoms with Gasteiger partial charge in [-0.2, -0.15) is 5.10 Å². The van der Waals surface area contributed by atoms with Crippen LogP contribution in [0.1, 0.15) is 32.5 Å². The molecular weight excluding hydrogens is 200 g/mol. The Bertz CT molecular complexity index is 321. The van der Waals surface area contributed by atoms with Crippen molar-refractivity contribution in [3.8, 4) is 0 Å². The summed E-state index contributed by atoms with van der Waals surface area (Å²) in [7, 11) is 0. The van der Waals surface area contributed by atoms with E-state index in [9.17, 15) is 0 Å². The molecule has 16 heavy (non-hydrogen) atoms. The van der Waals surface area contributed by atoms with E-state index in [0.717, 1.165) is 50.1 Å². The second kappa shape index (κ2) is 5.43. The Balaban J connectivity index is 1.94. The third kappa shape index (κ3) is 2.82. The zero-order valence-electron chi connectivity index (χ0n) is 10.3. The van der Waals surface area contributed by atoms with Crippen molar-refractivity contribution in [3.63, 3.8) is 0 Å². The molecule has 0 spiro atoms. The highest BCUT2D eigenvalue weighted by molar-refractivity contribution is 4.89. The summed E-state index contributed by atoms with van der Waals surface area (Å²) in [5, 5.41) is 7.77. The van der Waals surface area contributed by atoms with Crippen LogP contribution in [0.25, 0.3) is 0 Å². The second-order valence-electron chi connectivity index (χ2n) is 4.97. The van der Waals surface area contributed by atoms with Gasteiger partial charge in [-0.3, -0.25) is 4.68 Å². The Morgan fingerprint density at radius 1 is 1.50 bits per heavy atom. The molecule has 0 radical (unpaired) electrons. The molecule has 2 heterocycles. The van der Waals surface area contributed by atoms with Gasteiger partial charge < -0.3 is 5.32 Å². The molecule has 1 fully saturated rings. The number of hydrogen-bond donors (Lipinski definition) is 1. The third-order valence-corrected chi connectivity index (χ3v) is 3.26. The van der Waals surface area contributed by atoms with Crippen LogP contribution in [0.4, 0.5) is 0 Å². The lowest BCUT2D eigenvalue weighted by molar-refractivity contribution is 0.295. The van der Waals surface area contributed by atoms with Crippen molar-refractivity contribution in [1.82, 2.24) is 20.1 Å². The van der Waals surface area contributed by atoms with E-state index in [1.54, 1.807) is 6.33 Å². The maximum atomic E-state index is 4.38. The highest BCUT2D eigenvalue weighted by Crippen LogP contribution is 2.19. The monoisotopic (exact) mass is 222 g/mol. The van der Waals surface area contributed by atoms with Crippen molar-refractivity contribution >= 4 is 0 Å². The summed E-state index contributed by atoms with van der Waals surface area (Å²) >= 11 is 0. The van der Waals surface area contributed by atoms with Crippen LogP contribution < -0.4 is 5.32 Å². The van der Waals surface area contributed by atoms with Crippen LogP contribution in [0.3, 0.4) is 0 Å². The van der Waals surface area contributed by atoms with Crippen LogP contribution in [0, 0.1) is 11.8 Å². The Labute approximate surface area is 97.5 Å². The Hall–Kier alpha value is -0.900. The first-order valence-corrected chi connectivity index (χ1v) is 6.37. The normalized spacial score (nSPS) is 25.9. The summed E-state index contributed by atoms with van der Waals surface area (Å²) in [6.45, 7) is 7.78. The van der Waals surface area contributed by atoms with Gasteiger partial charge in [0, 0.05) is 13.0 Å². The molecule has 2 atom stereocenters. The van der Waals surface area contributed by atoms with Gasteiger partial charge >= 0.3 is 0 Å². The molecule has 1 aromatic heterocycles. The zero-order chi connectivity index (χ0) is 11.4. The lowest BCUT2D eigenvalue weighted by Crippen LogP contribution is -2.36. The molecule has 2 rings (SSSR count). The van der Waals surface area contributed by atoms with E-state index < -0.39 is 0 Å². The van der Waals surface area contributed by atoms with Crippen molar-refractivity contribution in [2.75, 3.05) is 13.1 Å². The zero-order valence-corrected chi connectivity index (χ0v) is 10.3. The maximum absolute atomic E-state index is 4.38. The van der Waals surface area contributed by atoms with Gasteiger partial charge in [0.1, 0.15) is 12.2 Å². The van der Waals surface area contributed by atoms with Crippen LogP contribution in [-0.2, 0) is 13.0 Å². The molecule has 90 valence electrons. The summed E-state index contributed by atoms with van der Waals surface area (Å²) in [6.07, 6.45) is 5.18. The van der Waals surface area contributed by atoms with Crippen LogP contribution in [0.2, 0.25) is 0 Å². The minimum Gasteiger partial charge on any atom is -0.316 e. The maximum Gasteiger partial charge on any atom is 0.138 e. The number of hydrogen-bond acceptors (Lipinski definition) is 3. The minimum absolute atomic E-state index is 0.726. The fourth-order valence-electron chi connectivity index (χ4n) is 2.53.